The molecule has 1 aliphatic rings. The average molecular weight is 893 g/mol. The fraction of sp³-hybridized carbons (Fsp3) is 0.938. The van der Waals surface area contributed by atoms with Gasteiger partial charge in [0.25, 0.3) is 0 Å². The van der Waals surface area contributed by atoms with Gasteiger partial charge in [-0.05, 0) is 38.5 Å². The molecule has 61 heavy (non-hydrogen) atoms. The van der Waals surface area contributed by atoms with Crippen molar-refractivity contribution in [1.82, 2.24) is 0 Å². The van der Waals surface area contributed by atoms with Crippen LogP contribution in [0.2, 0.25) is 0 Å². The number of rotatable bonds is 43. The van der Waals surface area contributed by atoms with Crippen molar-refractivity contribution in [3.63, 3.8) is 0 Å². The zero-order valence-electron chi connectivity index (χ0n) is 38.7. The van der Waals surface area contributed by atoms with Crippen LogP contribution in [0.3, 0.4) is 0 Å². The number of unbranched alkanes of at least 4 members (excludes halogenated alkanes) is 29. The minimum Gasteiger partial charge on any atom is -0.457 e. The standard InChI is InChI=1S/C48H93O12P/c1-3-5-7-9-11-13-15-17-18-19-20-21-22-23-24-26-28-30-32-34-36-38-57-39-41(40-58-61(55,56)60-48-46(53)44(51)43(50)45(52)47(48)54)59-42(49)37-35-33-31-29-27-25-16-14-12-10-8-6-4-2/h14,16,41,43-48,50-54H,3-13,15,17-40H2,1-2H3,(H,55,56)/b16-14-. The molecule has 0 spiro atoms. The number of phosphoric acid groups is 1. The fourth-order valence-electron chi connectivity index (χ4n) is 7.88. The summed E-state index contributed by atoms with van der Waals surface area (Å²) in [7, 11) is -5.02. The van der Waals surface area contributed by atoms with Crippen LogP contribution in [-0.2, 0) is 27.9 Å². The second-order valence-electron chi connectivity index (χ2n) is 17.7. The van der Waals surface area contributed by atoms with E-state index in [4.69, 9.17) is 18.5 Å². The molecule has 6 N–H and O–H groups in total. The summed E-state index contributed by atoms with van der Waals surface area (Å²) in [6.07, 6.45) is 31.4. The number of hydrogen-bond acceptors (Lipinski definition) is 11. The van der Waals surface area contributed by atoms with Gasteiger partial charge in [-0.1, -0.05) is 193 Å². The topological polar surface area (TPSA) is 192 Å². The van der Waals surface area contributed by atoms with Crippen molar-refractivity contribution < 1.29 is 58.3 Å². The van der Waals surface area contributed by atoms with Crippen LogP contribution in [0.5, 0.6) is 0 Å². The molecular formula is C48H93O12P. The maximum absolute atomic E-state index is 12.8. The first-order chi connectivity index (χ1) is 29.5. The first-order valence-electron chi connectivity index (χ1n) is 25.0. The molecule has 1 rings (SSSR count). The van der Waals surface area contributed by atoms with Crippen molar-refractivity contribution in [1.29, 1.82) is 0 Å². The lowest BCUT2D eigenvalue weighted by Gasteiger charge is -2.41. The number of hydrogen-bond donors (Lipinski definition) is 6. The lowest BCUT2D eigenvalue weighted by atomic mass is 9.85. The third-order valence-corrected chi connectivity index (χ3v) is 12.9. The second kappa shape index (κ2) is 39.4. The zero-order valence-corrected chi connectivity index (χ0v) is 39.6. The van der Waals surface area contributed by atoms with E-state index in [0.29, 0.717) is 13.0 Å². The van der Waals surface area contributed by atoms with Crippen molar-refractivity contribution in [2.24, 2.45) is 0 Å². The number of esters is 1. The van der Waals surface area contributed by atoms with Gasteiger partial charge in [0.15, 0.2) is 0 Å². The summed E-state index contributed by atoms with van der Waals surface area (Å²) in [6, 6.07) is 0. The van der Waals surface area contributed by atoms with Crippen LogP contribution in [0.25, 0.3) is 0 Å². The third kappa shape index (κ3) is 31.6. The summed E-state index contributed by atoms with van der Waals surface area (Å²) >= 11 is 0. The van der Waals surface area contributed by atoms with Crippen molar-refractivity contribution in [3.05, 3.63) is 12.2 Å². The Morgan fingerprint density at radius 2 is 0.869 bits per heavy atom. The molecule has 0 bridgehead atoms. The fourth-order valence-corrected chi connectivity index (χ4v) is 8.85. The van der Waals surface area contributed by atoms with Gasteiger partial charge in [-0.15, -0.1) is 0 Å². The predicted molar refractivity (Wildman–Crippen MR) is 244 cm³/mol. The zero-order chi connectivity index (χ0) is 44.8. The molecule has 0 saturated heterocycles. The summed E-state index contributed by atoms with van der Waals surface area (Å²) in [4.78, 5) is 23.2. The maximum atomic E-state index is 12.8. The average Bonchev–Trinajstić information content (AvgIpc) is 3.24. The van der Waals surface area contributed by atoms with Crippen molar-refractivity contribution in [2.75, 3.05) is 19.8 Å². The van der Waals surface area contributed by atoms with E-state index >= 15 is 0 Å². The monoisotopic (exact) mass is 893 g/mol. The highest BCUT2D eigenvalue weighted by molar-refractivity contribution is 7.47. The Hall–Kier alpha value is -0.920. The Kier molecular flexibility index (Phi) is 37.6. The van der Waals surface area contributed by atoms with Gasteiger partial charge in [0.1, 0.15) is 42.7 Å². The van der Waals surface area contributed by atoms with E-state index in [1.165, 1.54) is 141 Å². The van der Waals surface area contributed by atoms with Crippen LogP contribution in [0, 0.1) is 0 Å². The van der Waals surface area contributed by atoms with E-state index < -0.39 is 63.1 Å². The van der Waals surface area contributed by atoms with Gasteiger partial charge in [0, 0.05) is 13.0 Å². The van der Waals surface area contributed by atoms with Crippen LogP contribution in [-0.4, -0.2) is 98.9 Å². The van der Waals surface area contributed by atoms with Crippen molar-refractivity contribution >= 4 is 13.8 Å². The summed E-state index contributed by atoms with van der Waals surface area (Å²) in [6.45, 7) is 4.27. The number of phosphoric ester groups is 1. The van der Waals surface area contributed by atoms with Crippen molar-refractivity contribution in [2.45, 2.75) is 268 Å². The maximum Gasteiger partial charge on any atom is 0.472 e. The lowest BCUT2D eigenvalue weighted by Crippen LogP contribution is -2.64. The molecule has 0 heterocycles. The number of carbonyl (C=O) groups is 1. The molecule has 13 heteroatoms. The predicted octanol–water partition coefficient (Wildman–Crippen LogP) is 10.7. The summed E-state index contributed by atoms with van der Waals surface area (Å²) in [5.41, 5.74) is 0. The molecule has 1 aliphatic carbocycles. The SMILES string of the molecule is CCCCCC/C=C\CCCCCCCC(=O)OC(COCCCCCCCCCCCCCCCCCCCCCCC)COP(=O)(O)OC1C(O)C(O)C(O)C(O)C1O. The van der Waals surface area contributed by atoms with Gasteiger partial charge >= 0.3 is 13.8 Å². The molecule has 1 fully saturated rings. The molecule has 1 saturated carbocycles. The minimum absolute atomic E-state index is 0.0741. The highest BCUT2D eigenvalue weighted by atomic mass is 31.2. The Morgan fingerprint density at radius 3 is 1.31 bits per heavy atom. The molecule has 0 aromatic carbocycles. The van der Waals surface area contributed by atoms with E-state index in [2.05, 4.69) is 26.0 Å². The number of aliphatic hydroxyl groups is 5. The Morgan fingerprint density at radius 1 is 0.508 bits per heavy atom. The summed E-state index contributed by atoms with van der Waals surface area (Å²) in [5.74, 6) is -0.482. The number of ether oxygens (including phenoxy) is 2. The molecule has 362 valence electrons. The van der Waals surface area contributed by atoms with E-state index in [-0.39, 0.29) is 13.0 Å². The van der Waals surface area contributed by atoms with Gasteiger partial charge in [-0.25, -0.2) is 4.57 Å². The van der Waals surface area contributed by atoms with E-state index in [1.807, 2.05) is 0 Å². The quantitative estimate of drug-likeness (QED) is 0.0147. The van der Waals surface area contributed by atoms with E-state index in [1.54, 1.807) is 0 Å². The molecule has 0 aromatic rings. The van der Waals surface area contributed by atoms with Gasteiger partial charge in [-0.2, -0.15) is 0 Å². The molecule has 0 amide bonds. The highest BCUT2D eigenvalue weighted by Gasteiger charge is 2.51. The van der Waals surface area contributed by atoms with Crippen LogP contribution in [0.4, 0.5) is 0 Å². The largest absolute Gasteiger partial charge is 0.472 e. The smallest absolute Gasteiger partial charge is 0.457 e. The summed E-state index contributed by atoms with van der Waals surface area (Å²) < 4.78 is 34.2. The first-order valence-corrected chi connectivity index (χ1v) is 26.5. The second-order valence-corrected chi connectivity index (χ2v) is 19.1. The molecule has 6 unspecified atom stereocenters. The van der Waals surface area contributed by atoms with Crippen LogP contribution in [0.1, 0.15) is 226 Å². The molecule has 0 aliphatic heterocycles. The Labute approximate surface area is 371 Å². The van der Waals surface area contributed by atoms with Gasteiger partial charge in [0.05, 0.1) is 13.2 Å². The van der Waals surface area contributed by atoms with E-state index in [9.17, 15) is 39.8 Å². The Balaban J connectivity index is 2.31. The van der Waals surface area contributed by atoms with Crippen LogP contribution in [0.15, 0.2) is 12.2 Å². The lowest BCUT2D eigenvalue weighted by molar-refractivity contribution is -0.220. The molecule has 0 radical (unpaired) electrons. The number of allylic oxidation sites excluding steroid dienone is 2. The van der Waals surface area contributed by atoms with E-state index in [0.717, 1.165) is 57.8 Å². The van der Waals surface area contributed by atoms with Gasteiger partial charge in [0.2, 0.25) is 0 Å². The minimum atomic E-state index is -5.02. The van der Waals surface area contributed by atoms with Gasteiger partial charge < -0.3 is 39.9 Å². The highest BCUT2D eigenvalue weighted by Crippen LogP contribution is 2.47. The first kappa shape index (κ1) is 58.1. The van der Waals surface area contributed by atoms with Crippen LogP contribution >= 0.6 is 7.82 Å². The summed E-state index contributed by atoms with van der Waals surface area (Å²) in [5, 5.41) is 50.2. The molecule has 12 nitrogen and oxygen atoms in total. The molecule has 0 aromatic heterocycles. The molecule has 6 atom stereocenters. The van der Waals surface area contributed by atoms with Crippen LogP contribution < -0.4 is 0 Å². The van der Waals surface area contributed by atoms with Gasteiger partial charge in [-0.3, -0.25) is 13.8 Å². The Bertz CT molecular complexity index is 1060. The number of aliphatic hydroxyl groups excluding tert-OH is 5. The number of carbonyl (C=O) groups excluding carboxylic acids is 1. The third-order valence-electron chi connectivity index (χ3n) is 11.9. The van der Waals surface area contributed by atoms with Crippen molar-refractivity contribution in [3.8, 4) is 0 Å². The normalized spacial score (nSPS) is 22.2. The molecular weight excluding hydrogens is 799 g/mol.